The first-order valence-electron chi connectivity index (χ1n) is 6.90. The van der Waals surface area contributed by atoms with Crippen molar-refractivity contribution in [3.05, 3.63) is 77.1 Å². The van der Waals surface area contributed by atoms with Gasteiger partial charge in [-0.15, -0.1) is 0 Å². The molecule has 0 amide bonds. The maximum atomic E-state index is 11.7. The Hall–Kier alpha value is -2.73. The van der Waals surface area contributed by atoms with Crippen molar-refractivity contribution in [2.45, 2.75) is 4.90 Å². The molecule has 1 aromatic heterocycles. The number of aromatic nitrogens is 2. The lowest BCUT2D eigenvalue weighted by atomic mass is 10.1. The first-order chi connectivity index (χ1) is 10.9. The maximum absolute atomic E-state index is 11.7. The molecule has 5 nitrogen and oxygen atoms in total. The van der Waals surface area contributed by atoms with Crippen molar-refractivity contribution in [1.29, 1.82) is 0 Å². The summed E-state index contributed by atoms with van der Waals surface area (Å²) < 4.78 is 24.8. The quantitative estimate of drug-likeness (QED) is 0.740. The predicted octanol–water partition coefficient (Wildman–Crippen LogP) is 2.30. The van der Waals surface area contributed by atoms with Gasteiger partial charge in [0.1, 0.15) is 0 Å². The van der Waals surface area contributed by atoms with Crippen LogP contribution in [0.1, 0.15) is 0 Å². The van der Waals surface area contributed by atoms with Crippen molar-refractivity contribution >= 4 is 9.84 Å². The molecule has 0 saturated heterocycles. The van der Waals surface area contributed by atoms with Gasteiger partial charge in [0.05, 0.1) is 22.5 Å². The second-order valence-electron chi connectivity index (χ2n) is 5.12. The summed E-state index contributed by atoms with van der Waals surface area (Å²) in [7, 11) is -3.26. The lowest BCUT2D eigenvalue weighted by Gasteiger charge is -2.12. The Kier molecular flexibility index (Phi) is 3.83. The van der Waals surface area contributed by atoms with Crippen LogP contribution in [-0.4, -0.2) is 24.5 Å². The Labute approximate surface area is 133 Å². The normalized spacial score (nSPS) is 11.3. The maximum Gasteiger partial charge on any atom is 0.200 e. The van der Waals surface area contributed by atoms with Gasteiger partial charge in [-0.1, -0.05) is 30.3 Å². The molecular weight excluding hydrogens is 312 g/mol. The van der Waals surface area contributed by atoms with Crippen molar-refractivity contribution < 1.29 is 8.42 Å². The lowest BCUT2D eigenvalue weighted by molar-refractivity contribution is 0.602. The highest BCUT2D eigenvalue weighted by Gasteiger charge is 2.10. The summed E-state index contributed by atoms with van der Waals surface area (Å²) in [6.45, 7) is 0. The van der Waals surface area contributed by atoms with Crippen molar-refractivity contribution in [2.75, 3.05) is 6.26 Å². The standard InChI is InChI=1S/C17H14N2O3S/c1-23(21,22)16-9-7-13(8-10-16)17-11-15(20)12-18-19(17)14-5-3-2-4-6-14/h2-12H,1H3. The predicted molar refractivity (Wildman–Crippen MR) is 88.4 cm³/mol. The van der Waals surface area contributed by atoms with Crippen molar-refractivity contribution in [3.8, 4) is 16.9 Å². The van der Waals surface area contributed by atoms with E-state index in [1.807, 2.05) is 30.3 Å². The van der Waals surface area contributed by atoms with E-state index < -0.39 is 9.84 Å². The van der Waals surface area contributed by atoms with Gasteiger partial charge in [0.15, 0.2) is 9.84 Å². The summed E-state index contributed by atoms with van der Waals surface area (Å²) in [6, 6.07) is 17.3. The summed E-state index contributed by atoms with van der Waals surface area (Å²) in [4.78, 5) is 11.9. The first kappa shape index (κ1) is 15.2. The molecule has 0 aliphatic rings. The van der Waals surface area contributed by atoms with Crippen molar-refractivity contribution in [3.63, 3.8) is 0 Å². The van der Waals surface area contributed by atoms with Gasteiger partial charge < -0.3 is 0 Å². The van der Waals surface area contributed by atoms with E-state index in [1.54, 1.807) is 16.8 Å². The molecule has 0 saturated carbocycles. The fourth-order valence-corrected chi connectivity index (χ4v) is 2.89. The van der Waals surface area contributed by atoms with Gasteiger partial charge in [-0.3, -0.25) is 4.79 Å². The van der Waals surface area contributed by atoms with Crippen LogP contribution in [0.5, 0.6) is 0 Å². The van der Waals surface area contributed by atoms with Crippen LogP contribution >= 0.6 is 0 Å². The number of nitrogens with zero attached hydrogens (tertiary/aromatic N) is 2. The molecule has 3 aromatic rings. The van der Waals surface area contributed by atoms with Gasteiger partial charge >= 0.3 is 0 Å². The van der Waals surface area contributed by atoms with E-state index in [1.165, 1.54) is 24.4 Å². The molecule has 0 N–H and O–H groups in total. The van der Waals surface area contributed by atoms with Gasteiger partial charge in [0, 0.05) is 17.9 Å². The second-order valence-corrected chi connectivity index (χ2v) is 7.14. The molecule has 23 heavy (non-hydrogen) atoms. The number of benzene rings is 2. The van der Waals surface area contributed by atoms with E-state index >= 15 is 0 Å². The van der Waals surface area contributed by atoms with Crippen LogP contribution < -0.4 is 5.43 Å². The number of rotatable bonds is 3. The zero-order chi connectivity index (χ0) is 16.4. The minimum Gasteiger partial charge on any atom is -0.288 e. The third kappa shape index (κ3) is 3.22. The topological polar surface area (TPSA) is 69.0 Å². The molecule has 2 aromatic carbocycles. The van der Waals surface area contributed by atoms with Gasteiger partial charge in [-0.05, 0) is 24.3 Å². The number of sulfone groups is 1. The number of hydrogen-bond acceptors (Lipinski definition) is 4. The molecule has 116 valence electrons. The van der Waals surface area contributed by atoms with Crippen LogP contribution in [0.25, 0.3) is 16.9 Å². The molecule has 6 heteroatoms. The first-order valence-corrected chi connectivity index (χ1v) is 8.79. The minimum absolute atomic E-state index is 0.209. The van der Waals surface area contributed by atoms with E-state index in [9.17, 15) is 13.2 Å². The Bertz CT molecular complexity index is 992. The van der Waals surface area contributed by atoms with Crippen LogP contribution in [0.2, 0.25) is 0 Å². The second kappa shape index (κ2) is 5.81. The molecule has 0 aliphatic heterocycles. The summed E-state index contributed by atoms with van der Waals surface area (Å²) in [5.74, 6) is 0. The highest BCUT2D eigenvalue weighted by atomic mass is 32.2. The zero-order valence-corrected chi connectivity index (χ0v) is 13.2. The van der Waals surface area contributed by atoms with E-state index in [-0.39, 0.29) is 10.3 Å². The fourth-order valence-electron chi connectivity index (χ4n) is 2.26. The van der Waals surface area contributed by atoms with Crippen LogP contribution in [0, 0.1) is 0 Å². The summed E-state index contributed by atoms with van der Waals surface area (Å²) >= 11 is 0. The Morgan fingerprint density at radius 2 is 1.61 bits per heavy atom. The SMILES string of the molecule is CS(=O)(=O)c1ccc(-c2cc(=O)cnn2-c2ccccc2)cc1. The average Bonchev–Trinajstić information content (AvgIpc) is 2.55. The molecular formula is C17H14N2O3S. The van der Waals surface area contributed by atoms with Crippen LogP contribution in [0.4, 0.5) is 0 Å². The third-order valence-corrected chi connectivity index (χ3v) is 4.52. The summed E-state index contributed by atoms with van der Waals surface area (Å²) in [5, 5.41) is 4.18. The molecule has 1 heterocycles. The zero-order valence-electron chi connectivity index (χ0n) is 12.4. The van der Waals surface area contributed by atoms with Gasteiger partial charge in [-0.25, -0.2) is 13.1 Å². The molecule has 0 atom stereocenters. The Morgan fingerprint density at radius 1 is 0.957 bits per heavy atom. The molecule has 3 rings (SSSR count). The van der Waals surface area contributed by atoms with Gasteiger partial charge in [0.2, 0.25) is 5.43 Å². The molecule has 0 spiro atoms. The van der Waals surface area contributed by atoms with Gasteiger partial charge in [0.25, 0.3) is 0 Å². The van der Waals surface area contributed by atoms with Crippen molar-refractivity contribution in [2.24, 2.45) is 0 Å². The summed E-state index contributed by atoms with van der Waals surface area (Å²) in [5.41, 5.74) is 1.92. The van der Waals surface area contributed by atoms with E-state index in [0.29, 0.717) is 11.3 Å². The van der Waals surface area contributed by atoms with E-state index in [2.05, 4.69) is 5.10 Å². The highest BCUT2D eigenvalue weighted by Crippen LogP contribution is 2.22. The minimum atomic E-state index is -3.26. The molecule has 0 fully saturated rings. The number of para-hydroxylation sites is 1. The smallest absolute Gasteiger partial charge is 0.200 e. The fraction of sp³-hybridized carbons (Fsp3) is 0.0588. The Morgan fingerprint density at radius 3 is 2.22 bits per heavy atom. The lowest BCUT2D eigenvalue weighted by Crippen LogP contribution is -2.11. The van der Waals surface area contributed by atoms with E-state index in [4.69, 9.17) is 0 Å². The molecule has 0 aliphatic carbocycles. The molecule has 0 bridgehead atoms. The highest BCUT2D eigenvalue weighted by molar-refractivity contribution is 7.90. The Balaban J connectivity index is 2.16. The van der Waals surface area contributed by atoms with Crippen LogP contribution in [0.15, 0.2) is 76.6 Å². The van der Waals surface area contributed by atoms with E-state index in [0.717, 1.165) is 11.9 Å². The molecule has 0 radical (unpaired) electrons. The molecule has 0 unspecified atom stereocenters. The number of hydrogen-bond donors (Lipinski definition) is 0. The van der Waals surface area contributed by atoms with Crippen LogP contribution in [-0.2, 0) is 9.84 Å². The average molecular weight is 326 g/mol. The van der Waals surface area contributed by atoms with Crippen molar-refractivity contribution in [1.82, 2.24) is 9.78 Å². The van der Waals surface area contributed by atoms with Gasteiger partial charge in [-0.2, -0.15) is 5.10 Å². The monoisotopic (exact) mass is 326 g/mol. The summed E-state index contributed by atoms with van der Waals surface area (Å²) in [6.07, 6.45) is 2.41. The largest absolute Gasteiger partial charge is 0.288 e. The third-order valence-electron chi connectivity index (χ3n) is 3.39. The van der Waals surface area contributed by atoms with Crippen LogP contribution in [0.3, 0.4) is 0 Å².